The molecule has 0 fully saturated rings. The van der Waals surface area contributed by atoms with Crippen LogP contribution >= 0.6 is 0 Å². The smallest absolute Gasteiger partial charge is 0.307 e. The van der Waals surface area contributed by atoms with Gasteiger partial charge in [0.15, 0.2) is 0 Å². The standard InChI is InChI=1S/C13H17NO2/c1-9(2)14-7-6-10-4-3-5-11(13(10)14)8-12(15)16/h3-5,9H,6-8H2,1-2H3,(H,15,16). The normalized spacial score (nSPS) is 14.3. The molecular formula is C13H17NO2. The van der Waals surface area contributed by atoms with E-state index in [1.807, 2.05) is 12.1 Å². The minimum atomic E-state index is -0.760. The first kappa shape index (κ1) is 11.0. The molecule has 0 spiro atoms. The summed E-state index contributed by atoms with van der Waals surface area (Å²) < 4.78 is 0. The Labute approximate surface area is 95.7 Å². The molecule has 86 valence electrons. The fourth-order valence-electron chi connectivity index (χ4n) is 2.39. The van der Waals surface area contributed by atoms with E-state index in [-0.39, 0.29) is 6.42 Å². The van der Waals surface area contributed by atoms with Gasteiger partial charge in [-0.3, -0.25) is 4.79 Å². The van der Waals surface area contributed by atoms with Gasteiger partial charge in [-0.2, -0.15) is 0 Å². The first-order valence-corrected chi connectivity index (χ1v) is 5.69. The topological polar surface area (TPSA) is 40.5 Å². The van der Waals surface area contributed by atoms with Crippen molar-refractivity contribution in [3.05, 3.63) is 29.3 Å². The molecule has 2 rings (SSSR count). The Kier molecular flexibility index (Phi) is 2.86. The Balaban J connectivity index is 2.41. The Bertz CT molecular complexity index is 412. The molecule has 3 nitrogen and oxygen atoms in total. The predicted molar refractivity (Wildman–Crippen MR) is 64.0 cm³/mol. The predicted octanol–water partition coefficient (Wildman–Crippen LogP) is 2.08. The second-order valence-electron chi connectivity index (χ2n) is 4.53. The lowest BCUT2D eigenvalue weighted by Crippen LogP contribution is -2.29. The Morgan fingerprint density at radius 1 is 1.50 bits per heavy atom. The number of hydrogen-bond donors (Lipinski definition) is 1. The van der Waals surface area contributed by atoms with Crippen LogP contribution in [0.15, 0.2) is 18.2 Å². The van der Waals surface area contributed by atoms with Crippen molar-refractivity contribution in [1.82, 2.24) is 0 Å². The Morgan fingerprint density at radius 2 is 2.25 bits per heavy atom. The molecule has 1 aliphatic heterocycles. The highest BCUT2D eigenvalue weighted by Gasteiger charge is 2.24. The molecule has 16 heavy (non-hydrogen) atoms. The molecule has 1 aromatic carbocycles. The number of para-hydroxylation sites is 1. The van der Waals surface area contributed by atoms with Crippen LogP contribution in [-0.2, 0) is 17.6 Å². The van der Waals surface area contributed by atoms with E-state index in [0.29, 0.717) is 6.04 Å². The van der Waals surface area contributed by atoms with E-state index in [1.54, 1.807) is 0 Å². The first-order valence-electron chi connectivity index (χ1n) is 5.69. The third-order valence-electron chi connectivity index (χ3n) is 3.08. The molecule has 0 unspecified atom stereocenters. The lowest BCUT2D eigenvalue weighted by atomic mass is 10.0. The summed E-state index contributed by atoms with van der Waals surface area (Å²) in [5.74, 6) is -0.760. The second kappa shape index (κ2) is 4.16. The largest absolute Gasteiger partial charge is 0.481 e. The summed E-state index contributed by atoms with van der Waals surface area (Å²) in [5.41, 5.74) is 3.38. The average molecular weight is 219 g/mol. The number of carboxylic acid groups (broad SMARTS) is 1. The van der Waals surface area contributed by atoms with Gasteiger partial charge in [-0.05, 0) is 31.4 Å². The number of carboxylic acids is 1. The van der Waals surface area contributed by atoms with Crippen molar-refractivity contribution in [2.75, 3.05) is 11.4 Å². The van der Waals surface area contributed by atoms with Crippen LogP contribution in [0, 0.1) is 0 Å². The summed E-state index contributed by atoms with van der Waals surface area (Å²) in [4.78, 5) is 13.1. The molecule has 0 bridgehead atoms. The molecule has 0 atom stereocenters. The molecule has 0 amide bonds. The van der Waals surface area contributed by atoms with E-state index in [2.05, 4.69) is 24.8 Å². The van der Waals surface area contributed by atoms with Crippen molar-refractivity contribution >= 4 is 11.7 Å². The zero-order valence-corrected chi connectivity index (χ0v) is 9.73. The molecular weight excluding hydrogens is 202 g/mol. The third kappa shape index (κ3) is 1.90. The minimum Gasteiger partial charge on any atom is -0.481 e. The van der Waals surface area contributed by atoms with Crippen molar-refractivity contribution in [3.63, 3.8) is 0 Å². The highest BCUT2D eigenvalue weighted by molar-refractivity contribution is 5.75. The Morgan fingerprint density at radius 3 is 2.88 bits per heavy atom. The fourth-order valence-corrected chi connectivity index (χ4v) is 2.39. The quantitative estimate of drug-likeness (QED) is 0.846. The van der Waals surface area contributed by atoms with Crippen LogP contribution in [-0.4, -0.2) is 23.7 Å². The van der Waals surface area contributed by atoms with E-state index < -0.39 is 5.97 Å². The highest BCUT2D eigenvalue weighted by atomic mass is 16.4. The molecule has 0 radical (unpaired) electrons. The van der Waals surface area contributed by atoms with E-state index in [9.17, 15) is 4.79 Å². The molecule has 1 heterocycles. The van der Waals surface area contributed by atoms with Gasteiger partial charge in [0.2, 0.25) is 0 Å². The second-order valence-corrected chi connectivity index (χ2v) is 4.53. The summed E-state index contributed by atoms with van der Waals surface area (Å²) in [5, 5.41) is 8.90. The SMILES string of the molecule is CC(C)N1CCc2cccc(CC(=O)O)c21. The first-order chi connectivity index (χ1) is 7.59. The minimum absolute atomic E-state index is 0.117. The number of fused-ring (bicyclic) bond motifs is 1. The number of anilines is 1. The summed E-state index contributed by atoms with van der Waals surface area (Å²) >= 11 is 0. The van der Waals surface area contributed by atoms with Crippen LogP contribution in [0.2, 0.25) is 0 Å². The summed E-state index contributed by atoms with van der Waals surface area (Å²) in [7, 11) is 0. The van der Waals surface area contributed by atoms with E-state index >= 15 is 0 Å². The average Bonchev–Trinajstić information content (AvgIpc) is 2.61. The number of carbonyl (C=O) groups is 1. The number of rotatable bonds is 3. The van der Waals surface area contributed by atoms with Crippen molar-refractivity contribution in [2.45, 2.75) is 32.7 Å². The van der Waals surface area contributed by atoms with Gasteiger partial charge >= 0.3 is 5.97 Å². The maximum atomic E-state index is 10.8. The van der Waals surface area contributed by atoms with Crippen LogP contribution in [0.25, 0.3) is 0 Å². The number of nitrogens with zero attached hydrogens (tertiary/aromatic N) is 1. The van der Waals surface area contributed by atoms with Crippen LogP contribution in [0.3, 0.4) is 0 Å². The maximum absolute atomic E-state index is 10.8. The third-order valence-corrected chi connectivity index (χ3v) is 3.08. The van der Waals surface area contributed by atoms with Gasteiger partial charge in [0, 0.05) is 18.3 Å². The van der Waals surface area contributed by atoms with Gasteiger partial charge in [0.1, 0.15) is 0 Å². The molecule has 0 aliphatic carbocycles. The van der Waals surface area contributed by atoms with Gasteiger partial charge in [-0.1, -0.05) is 18.2 Å². The van der Waals surface area contributed by atoms with Crippen molar-refractivity contribution in [1.29, 1.82) is 0 Å². The highest BCUT2D eigenvalue weighted by Crippen LogP contribution is 2.33. The number of hydrogen-bond acceptors (Lipinski definition) is 2. The lowest BCUT2D eigenvalue weighted by molar-refractivity contribution is -0.136. The molecule has 1 aliphatic rings. The van der Waals surface area contributed by atoms with Crippen molar-refractivity contribution in [3.8, 4) is 0 Å². The van der Waals surface area contributed by atoms with Gasteiger partial charge in [0.25, 0.3) is 0 Å². The summed E-state index contributed by atoms with van der Waals surface area (Å²) in [6.45, 7) is 5.29. The van der Waals surface area contributed by atoms with Gasteiger partial charge < -0.3 is 10.0 Å². The molecule has 0 aromatic heterocycles. The van der Waals surface area contributed by atoms with Gasteiger partial charge in [-0.25, -0.2) is 0 Å². The van der Waals surface area contributed by atoms with E-state index in [1.165, 1.54) is 5.56 Å². The van der Waals surface area contributed by atoms with Crippen molar-refractivity contribution < 1.29 is 9.90 Å². The van der Waals surface area contributed by atoms with Crippen LogP contribution in [0.1, 0.15) is 25.0 Å². The molecule has 1 aromatic rings. The molecule has 0 saturated carbocycles. The van der Waals surface area contributed by atoms with Crippen LogP contribution in [0.5, 0.6) is 0 Å². The zero-order valence-electron chi connectivity index (χ0n) is 9.73. The van der Waals surface area contributed by atoms with Crippen molar-refractivity contribution in [2.24, 2.45) is 0 Å². The summed E-state index contributed by atoms with van der Waals surface area (Å²) in [6.07, 6.45) is 1.15. The maximum Gasteiger partial charge on any atom is 0.307 e. The van der Waals surface area contributed by atoms with E-state index in [0.717, 1.165) is 24.2 Å². The number of benzene rings is 1. The molecule has 0 saturated heterocycles. The van der Waals surface area contributed by atoms with Crippen LogP contribution in [0.4, 0.5) is 5.69 Å². The summed E-state index contributed by atoms with van der Waals surface area (Å²) in [6, 6.07) is 6.41. The molecule has 1 N–H and O–H groups in total. The number of aliphatic carboxylic acids is 1. The molecule has 3 heteroatoms. The zero-order chi connectivity index (χ0) is 11.7. The monoisotopic (exact) mass is 219 g/mol. The van der Waals surface area contributed by atoms with Gasteiger partial charge in [0.05, 0.1) is 6.42 Å². The van der Waals surface area contributed by atoms with E-state index in [4.69, 9.17) is 5.11 Å². The lowest BCUT2D eigenvalue weighted by Gasteiger charge is -2.26. The van der Waals surface area contributed by atoms with Gasteiger partial charge in [-0.15, -0.1) is 0 Å². The van der Waals surface area contributed by atoms with Crippen LogP contribution < -0.4 is 4.90 Å². The fraction of sp³-hybridized carbons (Fsp3) is 0.462. The Hall–Kier alpha value is -1.51.